The van der Waals surface area contributed by atoms with Crippen molar-refractivity contribution in [3.8, 4) is 5.75 Å². The lowest BCUT2D eigenvalue weighted by Crippen LogP contribution is -2.38. The minimum atomic E-state index is -1.46. The fourth-order valence-corrected chi connectivity index (χ4v) is 3.23. The summed E-state index contributed by atoms with van der Waals surface area (Å²) in [5.74, 6) is 0.815. The third-order valence-corrected chi connectivity index (χ3v) is 4.67. The van der Waals surface area contributed by atoms with Gasteiger partial charge in [0.1, 0.15) is 5.75 Å². The lowest BCUT2D eigenvalue weighted by molar-refractivity contribution is 0.282. The number of fused-ring (bicyclic) bond motifs is 1. The van der Waals surface area contributed by atoms with Crippen molar-refractivity contribution in [1.82, 2.24) is 0 Å². The van der Waals surface area contributed by atoms with Gasteiger partial charge in [0.15, 0.2) is 0 Å². The van der Waals surface area contributed by atoms with Gasteiger partial charge in [0.2, 0.25) is 0 Å². The van der Waals surface area contributed by atoms with E-state index in [2.05, 4.69) is 34.6 Å². The number of rotatable bonds is 4. The first-order chi connectivity index (χ1) is 9.69. The summed E-state index contributed by atoms with van der Waals surface area (Å²) in [7, 11) is -1.46. The molecule has 0 aromatic heterocycles. The molecule has 0 heterocycles. The van der Waals surface area contributed by atoms with Crippen molar-refractivity contribution in [3.63, 3.8) is 0 Å². The summed E-state index contributed by atoms with van der Waals surface area (Å²) in [5, 5.41) is 19.2. The van der Waals surface area contributed by atoms with E-state index >= 15 is 0 Å². The molecule has 2 rings (SSSR count). The minimum Gasteiger partial charge on any atom is -0.493 e. The van der Waals surface area contributed by atoms with Gasteiger partial charge in [-0.15, -0.1) is 0 Å². The van der Waals surface area contributed by atoms with Crippen LogP contribution in [0, 0.1) is 0 Å². The second kappa shape index (κ2) is 5.66. The molecule has 0 spiro atoms. The highest BCUT2D eigenvalue weighted by Gasteiger charge is 2.40. The minimum absolute atomic E-state index is 0.0279. The standard InChI is InChI=1S/C17H27BO3/c1-6-9-21-14-11-12(18(19)20)10-13-15(14)17(4,5)8-7-16(13,2)3/h10-11,19-20H,6-9H2,1-5H3. The van der Waals surface area contributed by atoms with Gasteiger partial charge in [0, 0.05) is 5.56 Å². The Morgan fingerprint density at radius 3 is 2.29 bits per heavy atom. The Bertz CT molecular complexity index is 521. The van der Waals surface area contributed by atoms with Crippen molar-refractivity contribution >= 4 is 12.6 Å². The highest BCUT2D eigenvalue weighted by molar-refractivity contribution is 6.58. The molecule has 0 amide bonds. The summed E-state index contributed by atoms with van der Waals surface area (Å²) < 4.78 is 5.95. The van der Waals surface area contributed by atoms with Gasteiger partial charge < -0.3 is 14.8 Å². The summed E-state index contributed by atoms with van der Waals surface area (Å²) in [4.78, 5) is 0. The summed E-state index contributed by atoms with van der Waals surface area (Å²) >= 11 is 0. The van der Waals surface area contributed by atoms with E-state index in [1.165, 1.54) is 11.1 Å². The van der Waals surface area contributed by atoms with Gasteiger partial charge in [-0.1, -0.05) is 40.7 Å². The Balaban J connectivity index is 2.66. The van der Waals surface area contributed by atoms with Gasteiger partial charge >= 0.3 is 7.12 Å². The van der Waals surface area contributed by atoms with Crippen molar-refractivity contribution < 1.29 is 14.8 Å². The Morgan fingerprint density at radius 1 is 1.10 bits per heavy atom. The van der Waals surface area contributed by atoms with E-state index < -0.39 is 7.12 Å². The van der Waals surface area contributed by atoms with Gasteiger partial charge in [-0.2, -0.15) is 0 Å². The van der Waals surface area contributed by atoms with Gasteiger partial charge in [0.05, 0.1) is 6.61 Å². The van der Waals surface area contributed by atoms with E-state index in [1.54, 1.807) is 6.07 Å². The van der Waals surface area contributed by atoms with E-state index in [9.17, 15) is 10.0 Å². The Morgan fingerprint density at radius 2 is 1.71 bits per heavy atom. The van der Waals surface area contributed by atoms with Crippen LogP contribution in [0.1, 0.15) is 65.0 Å². The average molecular weight is 290 g/mol. The zero-order valence-corrected chi connectivity index (χ0v) is 13.9. The van der Waals surface area contributed by atoms with E-state index in [-0.39, 0.29) is 10.8 Å². The third-order valence-electron chi connectivity index (χ3n) is 4.67. The van der Waals surface area contributed by atoms with Gasteiger partial charge in [-0.05, 0) is 47.2 Å². The van der Waals surface area contributed by atoms with Crippen LogP contribution >= 0.6 is 0 Å². The largest absolute Gasteiger partial charge is 0.493 e. The number of hydrogen-bond donors (Lipinski definition) is 2. The zero-order chi connectivity index (χ0) is 15.8. The fourth-order valence-electron chi connectivity index (χ4n) is 3.23. The van der Waals surface area contributed by atoms with Crippen LogP contribution in [0.2, 0.25) is 0 Å². The van der Waals surface area contributed by atoms with Crippen molar-refractivity contribution in [2.24, 2.45) is 0 Å². The molecule has 1 aromatic rings. The summed E-state index contributed by atoms with van der Waals surface area (Å²) in [6.07, 6.45) is 3.13. The Hall–Kier alpha value is -0.995. The maximum Gasteiger partial charge on any atom is 0.488 e. The molecule has 0 atom stereocenters. The predicted molar refractivity (Wildman–Crippen MR) is 87.3 cm³/mol. The van der Waals surface area contributed by atoms with Crippen molar-refractivity contribution in [2.75, 3.05) is 6.61 Å². The summed E-state index contributed by atoms with van der Waals surface area (Å²) in [6, 6.07) is 3.74. The number of hydrogen-bond acceptors (Lipinski definition) is 3. The third kappa shape index (κ3) is 3.11. The maximum atomic E-state index is 9.58. The van der Waals surface area contributed by atoms with Crippen LogP contribution in [-0.4, -0.2) is 23.8 Å². The van der Waals surface area contributed by atoms with Crippen LogP contribution in [0.25, 0.3) is 0 Å². The predicted octanol–water partition coefficient (Wildman–Crippen LogP) is 2.50. The Kier molecular flexibility index (Phi) is 4.41. The molecule has 0 unspecified atom stereocenters. The van der Waals surface area contributed by atoms with Crippen LogP contribution in [0.15, 0.2) is 12.1 Å². The topological polar surface area (TPSA) is 49.7 Å². The zero-order valence-electron chi connectivity index (χ0n) is 13.9. The van der Waals surface area contributed by atoms with Crippen molar-refractivity contribution in [3.05, 3.63) is 23.3 Å². The number of ether oxygens (including phenoxy) is 1. The lowest BCUT2D eigenvalue weighted by atomic mass is 9.61. The molecular formula is C17H27BO3. The molecule has 0 fully saturated rings. The molecule has 0 aliphatic heterocycles. The molecule has 0 radical (unpaired) electrons. The van der Waals surface area contributed by atoms with Crippen LogP contribution in [0.3, 0.4) is 0 Å². The maximum absolute atomic E-state index is 9.58. The van der Waals surface area contributed by atoms with E-state index in [0.29, 0.717) is 12.1 Å². The fraction of sp³-hybridized carbons (Fsp3) is 0.647. The molecule has 2 N–H and O–H groups in total. The molecule has 1 aliphatic carbocycles. The molecule has 4 heteroatoms. The second-order valence-electron chi connectivity index (χ2n) is 7.43. The molecule has 116 valence electrons. The average Bonchev–Trinajstić information content (AvgIpc) is 2.40. The Labute approximate surface area is 128 Å². The smallest absolute Gasteiger partial charge is 0.488 e. The highest BCUT2D eigenvalue weighted by Crippen LogP contribution is 2.48. The normalized spacial score (nSPS) is 19.0. The van der Waals surface area contributed by atoms with E-state index in [0.717, 1.165) is 25.0 Å². The van der Waals surface area contributed by atoms with Crippen LogP contribution < -0.4 is 10.2 Å². The highest BCUT2D eigenvalue weighted by atomic mass is 16.5. The monoisotopic (exact) mass is 290 g/mol. The molecular weight excluding hydrogens is 263 g/mol. The summed E-state index contributed by atoms with van der Waals surface area (Å²) in [5.41, 5.74) is 3.02. The molecule has 0 saturated carbocycles. The first kappa shape index (κ1) is 16.4. The van der Waals surface area contributed by atoms with Crippen molar-refractivity contribution in [2.45, 2.75) is 64.7 Å². The second-order valence-corrected chi connectivity index (χ2v) is 7.43. The summed E-state index contributed by atoms with van der Waals surface area (Å²) in [6.45, 7) is 11.7. The van der Waals surface area contributed by atoms with E-state index in [1.807, 2.05) is 6.07 Å². The molecule has 0 saturated heterocycles. The van der Waals surface area contributed by atoms with Gasteiger partial charge in [-0.25, -0.2) is 0 Å². The molecule has 1 aliphatic rings. The first-order valence-electron chi connectivity index (χ1n) is 7.87. The van der Waals surface area contributed by atoms with Gasteiger partial charge in [-0.3, -0.25) is 0 Å². The quantitative estimate of drug-likeness (QED) is 0.838. The van der Waals surface area contributed by atoms with Crippen LogP contribution in [0.5, 0.6) is 5.75 Å². The molecule has 3 nitrogen and oxygen atoms in total. The van der Waals surface area contributed by atoms with Gasteiger partial charge in [0.25, 0.3) is 0 Å². The van der Waals surface area contributed by atoms with Crippen LogP contribution in [0.4, 0.5) is 0 Å². The SMILES string of the molecule is CCCOc1cc(B(O)O)cc2c1C(C)(C)CCC2(C)C. The molecule has 21 heavy (non-hydrogen) atoms. The van der Waals surface area contributed by atoms with Crippen LogP contribution in [-0.2, 0) is 10.8 Å². The van der Waals surface area contributed by atoms with Crippen molar-refractivity contribution in [1.29, 1.82) is 0 Å². The lowest BCUT2D eigenvalue weighted by Gasteiger charge is -2.43. The molecule has 1 aromatic carbocycles. The molecule has 0 bridgehead atoms. The number of benzene rings is 1. The van der Waals surface area contributed by atoms with E-state index in [4.69, 9.17) is 4.74 Å². The first-order valence-corrected chi connectivity index (χ1v) is 7.87.